The Hall–Kier alpha value is -3.15. The first kappa shape index (κ1) is 20.1. The molecule has 6 nitrogen and oxygen atoms in total. The van der Waals surface area contributed by atoms with E-state index in [1.54, 1.807) is 11.8 Å². The highest BCUT2D eigenvalue weighted by Gasteiger charge is 2.50. The zero-order valence-electron chi connectivity index (χ0n) is 17.6. The van der Waals surface area contributed by atoms with Crippen LogP contribution in [0.1, 0.15) is 43.9 Å². The molecule has 2 aliphatic rings. The third-order valence-corrected chi connectivity index (χ3v) is 6.06. The van der Waals surface area contributed by atoms with E-state index >= 15 is 0 Å². The van der Waals surface area contributed by atoms with Crippen LogP contribution < -0.4 is 10.2 Å². The van der Waals surface area contributed by atoms with Crippen LogP contribution in [0, 0.1) is 0 Å². The summed E-state index contributed by atoms with van der Waals surface area (Å²) in [7, 11) is 0. The maximum Gasteiger partial charge on any atom is 0.325 e. The summed E-state index contributed by atoms with van der Waals surface area (Å²) < 4.78 is 0. The van der Waals surface area contributed by atoms with Crippen molar-refractivity contribution in [1.82, 2.24) is 10.2 Å². The number of benzene rings is 2. The summed E-state index contributed by atoms with van der Waals surface area (Å²) in [6.07, 6.45) is 3.16. The van der Waals surface area contributed by atoms with Crippen LogP contribution in [-0.2, 0) is 28.0 Å². The lowest BCUT2D eigenvalue weighted by Crippen LogP contribution is -2.46. The quantitative estimate of drug-likeness (QED) is 0.776. The van der Waals surface area contributed by atoms with Gasteiger partial charge in [-0.2, -0.15) is 0 Å². The van der Waals surface area contributed by atoms with Gasteiger partial charge in [0.25, 0.3) is 5.91 Å². The van der Waals surface area contributed by atoms with Crippen LogP contribution in [0.15, 0.2) is 48.5 Å². The van der Waals surface area contributed by atoms with Gasteiger partial charge in [0.1, 0.15) is 12.1 Å². The van der Waals surface area contributed by atoms with E-state index in [0.717, 1.165) is 35.4 Å². The average molecular weight is 405 g/mol. The van der Waals surface area contributed by atoms with Gasteiger partial charge in [-0.25, -0.2) is 4.79 Å². The third kappa shape index (κ3) is 3.36. The van der Waals surface area contributed by atoms with Crippen LogP contribution in [0.2, 0.25) is 0 Å². The summed E-state index contributed by atoms with van der Waals surface area (Å²) in [6.45, 7) is 5.24. The van der Waals surface area contributed by atoms with Crippen LogP contribution in [0.3, 0.4) is 0 Å². The van der Waals surface area contributed by atoms with Crippen molar-refractivity contribution in [3.05, 3.63) is 65.2 Å². The number of hydrogen-bond donors (Lipinski definition) is 1. The van der Waals surface area contributed by atoms with Crippen molar-refractivity contribution in [3.8, 4) is 0 Å². The van der Waals surface area contributed by atoms with E-state index in [4.69, 9.17) is 0 Å². The summed E-state index contributed by atoms with van der Waals surface area (Å²) in [5, 5.41) is 2.82. The molecule has 6 heteroatoms. The molecular formula is C24H27N3O3. The number of nitrogens with zero attached hydrogens (tertiary/aromatic N) is 2. The smallest absolute Gasteiger partial charge is 0.319 e. The van der Waals surface area contributed by atoms with Gasteiger partial charge < -0.3 is 10.2 Å². The first-order valence-corrected chi connectivity index (χ1v) is 10.4. The van der Waals surface area contributed by atoms with E-state index in [9.17, 15) is 14.4 Å². The van der Waals surface area contributed by atoms with Crippen molar-refractivity contribution in [1.29, 1.82) is 0 Å². The summed E-state index contributed by atoms with van der Waals surface area (Å²) >= 11 is 0. The number of para-hydroxylation sites is 1. The topological polar surface area (TPSA) is 69.7 Å². The second kappa shape index (κ2) is 7.59. The van der Waals surface area contributed by atoms with Crippen molar-refractivity contribution < 1.29 is 14.4 Å². The van der Waals surface area contributed by atoms with Gasteiger partial charge in [-0.1, -0.05) is 36.4 Å². The van der Waals surface area contributed by atoms with E-state index < -0.39 is 17.5 Å². The van der Waals surface area contributed by atoms with E-state index in [2.05, 4.69) is 5.32 Å². The monoisotopic (exact) mass is 405 g/mol. The minimum atomic E-state index is -1.16. The van der Waals surface area contributed by atoms with E-state index in [0.29, 0.717) is 0 Å². The third-order valence-electron chi connectivity index (χ3n) is 6.06. The maximum absolute atomic E-state index is 13.3. The lowest BCUT2D eigenvalue weighted by Gasteiger charge is -2.28. The Balaban J connectivity index is 1.57. The van der Waals surface area contributed by atoms with Crippen molar-refractivity contribution >= 4 is 23.5 Å². The maximum atomic E-state index is 13.3. The molecule has 0 saturated carbocycles. The summed E-state index contributed by atoms with van der Waals surface area (Å²) in [6, 6.07) is 14.6. The van der Waals surface area contributed by atoms with Crippen LogP contribution in [0.25, 0.3) is 0 Å². The minimum Gasteiger partial charge on any atom is -0.319 e. The zero-order chi connectivity index (χ0) is 21.5. The van der Waals surface area contributed by atoms with Gasteiger partial charge in [-0.15, -0.1) is 0 Å². The van der Waals surface area contributed by atoms with Crippen LogP contribution in [0.5, 0.6) is 0 Å². The highest BCUT2D eigenvalue weighted by Crippen LogP contribution is 2.32. The molecule has 0 radical (unpaired) electrons. The number of carbonyl (C=O) groups is 3. The molecule has 30 heavy (non-hydrogen) atoms. The molecule has 156 valence electrons. The molecule has 1 atom stereocenters. The number of hydrogen-bond acceptors (Lipinski definition) is 3. The van der Waals surface area contributed by atoms with Gasteiger partial charge in [-0.05, 0) is 68.9 Å². The van der Waals surface area contributed by atoms with Gasteiger partial charge >= 0.3 is 6.03 Å². The first-order valence-electron chi connectivity index (χ1n) is 10.4. The van der Waals surface area contributed by atoms with Gasteiger partial charge in [0.05, 0.1) is 0 Å². The molecule has 2 aromatic carbocycles. The summed E-state index contributed by atoms with van der Waals surface area (Å²) in [5.74, 6) is -0.687. The molecule has 1 aliphatic carbocycles. The molecule has 2 aromatic rings. The number of carbonyl (C=O) groups excluding carboxylic acids is 3. The lowest BCUT2D eigenvalue weighted by atomic mass is 9.89. The highest BCUT2D eigenvalue weighted by molar-refractivity contribution is 6.10. The van der Waals surface area contributed by atoms with Gasteiger partial charge in [-0.3, -0.25) is 14.5 Å². The number of amides is 4. The van der Waals surface area contributed by atoms with E-state index in [1.807, 2.05) is 62.4 Å². The molecule has 1 fully saturated rings. The molecule has 0 aromatic heterocycles. The van der Waals surface area contributed by atoms with Crippen LogP contribution in [0.4, 0.5) is 10.5 Å². The number of urea groups is 1. The summed E-state index contributed by atoms with van der Waals surface area (Å²) in [5.41, 5.74) is 2.89. The van der Waals surface area contributed by atoms with Crippen LogP contribution in [-0.4, -0.2) is 35.3 Å². The fraction of sp³-hybridized carbons (Fsp3) is 0.375. The SMILES string of the molecule is CC(C)N(C(=O)CN1C(=O)NC(C)(c2ccc3c(c2)CCC3)C1=O)c1ccccc1. The number of fused-ring (bicyclic) bond motifs is 1. The predicted octanol–water partition coefficient (Wildman–Crippen LogP) is 3.38. The largest absolute Gasteiger partial charge is 0.325 e. The number of anilines is 1. The molecule has 4 rings (SSSR count). The molecular weight excluding hydrogens is 378 g/mol. The number of rotatable bonds is 5. The first-order chi connectivity index (χ1) is 14.3. The Morgan fingerprint density at radius 3 is 2.50 bits per heavy atom. The second-order valence-electron chi connectivity index (χ2n) is 8.48. The van der Waals surface area contributed by atoms with Crippen molar-refractivity contribution in [2.45, 2.75) is 51.6 Å². The minimum absolute atomic E-state index is 0.108. The van der Waals surface area contributed by atoms with E-state index in [-0.39, 0.29) is 18.5 Å². The highest BCUT2D eigenvalue weighted by atomic mass is 16.2. The molecule has 1 unspecified atom stereocenters. The molecule has 1 heterocycles. The van der Waals surface area contributed by atoms with Crippen molar-refractivity contribution in [2.75, 3.05) is 11.4 Å². The van der Waals surface area contributed by atoms with Gasteiger partial charge in [0.2, 0.25) is 5.91 Å². The normalized spacial score (nSPS) is 20.5. The summed E-state index contributed by atoms with van der Waals surface area (Å²) in [4.78, 5) is 41.7. The fourth-order valence-corrected chi connectivity index (χ4v) is 4.45. The standard InChI is InChI=1S/C24H27N3O3/c1-16(2)27(20-10-5-4-6-11-20)21(28)15-26-22(29)24(3,25-23(26)30)19-13-12-17-8-7-9-18(17)14-19/h4-6,10-14,16H,7-9,15H2,1-3H3,(H,25,30). The van der Waals surface area contributed by atoms with Crippen molar-refractivity contribution in [2.24, 2.45) is 0 Å². The van der Waals surface area contributed by atoms with Crippen molar-refractivity contribution in [3.63, 3.8) is 0 Å². The molecule has 1 aliphatic heterocycles. The second-order valence-corrected chi connectivity index (χ2v) is 8.48. The Kier molecular flexibility index (Phi) is 5.10. The Morgan fingerprint density at radius 2 is 1.80 bits per heavy atom. The molecule has 4 amide bonds. The Labute approximate surface area is 176 Å². The number of imide groups is 1. The van der Waals surface area contributed by atoms with E-state index in [1.165, 1.54) is 11.1 Å². The Bertz CT molecular complexity index is 1000. The van der Waals surface area contributed by atoms with Crippen LogP contribution >= 0.6 is 0 Å². The number of nitrogens with one attached hydrogen (secondary N) is 1. The molecule has 1 N–H and O–H groups in total. The van der Waals surface area contributed by atoms with Gasteiger partial charge in [0, 0.05) is 11.7 Å². The molecule has 1 saturated heterocycles. The predicted molar refractivity (Wildman–Crippen MR) is 115 cm³/mol. The zero-order valence-corrected chi connectivity index (χ0v) is 17.6. The molecule has 0 bridgehead atoms. The molecule has 0 spiro atoms. The number of aryl methyl sites for hydroxylation is 2. The van der Waals surface area contributed by atoms with Gasteiger partial charge in [0.15, 0.2) is 0 Å². The lowest BCUT2D eigenvalue weighted by molar-refractivity contribution is -0.134. The average Bonchev–Trinajstić information content (AvgIpc) is 3.27. The fourth-order valence-electron chi connectivity index (χ4n) is 4.45. The Morgan fingerprint density at radius 1 is 1.10 bits per heavy atom.